The fraction of sp³-hybridized carbons (Fsp3) is 0.370. The van der Waals surface area contributed by atoms with Crippen LogP contribution in [-0.4, -0.2) is 74.7 Å². The van der Waals surface area contributed by atoms with Crippen molar-refractivity contribution in [2.75, 3.05) is 11.9 Å². The molecule has 1 fully saturated rings. The van der Waals surface area contributed by atoms with E-state index in [1.54, 1.807) is 41.5 Å². The Kier molecular flexibility index (Phi) is 14.7. The first-order chi connectivity index (χ1) is 31.1. The minimum absolute atomic E-state index is 0.00824. The fourth-order valence-corrected chi connectivity index (χ4v) is 6.69. The van der Waals surface area contributed by atoms with Crippen molar-refractivity contribution in [1.29, 1.82) is 0 Å². The number of amides is 3. The minimum atomic E-state index is -1.65. The number of benzene rings is 2. The van der Waals surface area contributed by atoms with E-state index in [1.807, 2.05) is 60.7 Å². The standard InChI is InChI=1S/C46H51N7O12S/c1-44(2,3)63-41(57)46(7,8)65-52-37(32-26-66-42(50-32)51-43(58)64-45(4,5)6)34(54)19-29-30(48-38(29)55)21-47-39(56)31-25-62-40(49-31)33-20-35(60-23-27-15-11-9-12-16-27)36(22-53(33)59)61-24-28-17-13-10-14-18-28/h9-18,20,22,25-26,29-30H,19,21,23-24H2,1-8H3,(H,47,56)(H,48,55)(H,50,51,58)/b52-37-/t29-,30+/m0/s1. The fourth-order valence-electron chi connectivity index (χ4n) is 6.01. The van der Waals surface area contributed by atoms with Crippen LogP contribution in [0.15, 0.2) is 94.1 Å². The maximum Gasteiger partial charge on any atom is 0.413 e. The Balaban J connectivity index is 1.14. The molecule has 1 saturated heterocycles. The van der Waals surface area contributed by atoms with Crippen molar-refractivity contribution < 1.29 is 56.9 Å². The number of aromatic nitrogens is 3. The lowest BCUT2D eigenvalue weighted by Gasteiger charge is -2.36. The van der Waals surface area contributed by atoms with Gasteiger partial charge in [0, 0.05) is 18.3 Å². The number of carbonyl (C=O) groups is 5. The van der Waals surface area contributed by atoms with Gasteiger partial charge >= 0.3 is 12.1 Å². The lowest BCUT2D eigenvalue weighted by atomic mass is 9.84. The molecule has 3 amide bonds. The van der Waals surface area contributed by atoms with Crippen LogP contribution in [0.3, 0.4) is 0 Å². The van der Waals surface area contributed by atoms with E-state index in [0.29, 0.717) is 4.73 Å². The Labute approximate surface area is 384 Å². The molecular weight excluding hydrogens is 875 g/mol. The maximum atomic E-state index is 13.9. The summed E-state index contributed by atoms with van der Waals surface area (Å²) in [4.78, 5) is 79.7. The zero-order chi connectivity index (χ0) is 47.8. The molecule has 2 atom stereocenters. The summed E-state index contributed by atoms with van der Waals surface area (Å²) in [5, 5.41) is 26.8. The van der Waals surface area contributed by atoms with Crippen molar-refractivity contribution in [3.63, 3.8) is 0 Å². The molecular formula is C46H51N7O12S. The minimum Gasteiger partial charge on any atom is -0.618 e. The molecule has 0 spiro atoms. The molecule has 348 valence electrons. The summed E-state index contributed by atoms with van der Waals surface area (Å²) in [5.41, 5.74) is -2.11. The van der Waals surface area contributed by atoms with Crippen LogP contribution in [0.5, 0.6) is 11.5 Å². The Hall–Kier alpha value is -7.35. The van der Waals surface area contributed by atoms with Crippen LogP contribution in [0, 0.1) is 11.1 Å². The number of esters is 1. The van der Waals surface area contributed by atoms with Crippen LogP contribution >= 0.6 is 11.3 Å². The van der Waals surface area contributed by atoms with Crippen LogP contribution in [0.2, 0.25) is 0 Å². The van der Waals surface area contributed by atoms with Gasteiger partial charge in [0.25, 0.3) is 17.5 Å². The van der Waals surface area contributed by atoms with Gasteiger partial charge in [0.2, 0.25) is 23.5 Å². The average molecular weight is 926 g/mol. The predicted molar refractivity (Wildman–Crippen MR) is 239 cm³/mol. The van der Waals surface area contributed by atoms with Crippen molar-refractivity contribution in [2.24, 2.45) is 11.1 Å². The average Bonchev–Trinajstić information content (AvgIpc) is 3.93. The summed E-state index contributed by atoms with van der Waals surface area (Å²) < 4.78 is 28.9. The van der Waals surface area contributed by atoms with Crippen LogP contribution in [0.25, 0.3) is 11.6 Å². The lowest BCUT2D eigenvalue weighted by molar-refractivity contribution is -0.594. The zero-order valence-corrected chi connectivity index (χ0v) is 38.5. The highest BCUT2D eigenvalue weighted by atomic mass is 32.1. The quantitative estimate of drug-likeness (QED) is 0.0219. The summed E-state index contributed by atoms with van der Waals surface area (Å²) in [6.45, 7) is 13.2. The molecule has 4 heterocycles. The van der Waals surface area contributed by atoms with E-state index in [-0.39, 0.29) is 65.1 Å². The first-order valence-electron chi connectivity index (χ1n) is 20.8. The van der Waals surface area contributed by atoms with Gasteiger partial charge in [0.15, 0.2) is 28.1 Å². The Morgan fingerprint density at radius 2 is 1.48 bits per heavy atom. The molecule has 3 aromatic heterocycles. The van der Waals surface area contributed by atoms with Gasteiger partial charge < -0.3 is 44.0 Å². The van der Waals surface area contributed by atoms with Crippen molar-refractivity contribution in [3.05, 3.63) is 112 Å². The maximum absolute atomic E-state index is 13.9. The normalized spacial score (nSPS) is 15.2. The second-order valence-corrected chi connectivity index (χ2v) is 18.4. The number of nitrogens with zero attached hydrogens (tertiary/aromatic N) is 4. The second kappa shape index (κ2) is 20.2. The third kappa shape index (κ3) is 13.1. The molecule has 0 radical (unpaired) electrons. The van der Waals surface area contributed by atoms with Gasteiger partial charge in [-0.15, -0.1) is 11.3 Å². The molecule has 3 N–H and O–H groups in total. The molecule has 0 bridgehead atoms. The van der Waals surface area contributed by atoms with Gasteiger partial charge in [-0.05, 0) is 66.5 Å². The van der Waals surface area contributed by atoms with E-state index >= 15 is 0 Å². The number of hydrogen-bond donors (Lipinski definition) is 3. The number of oxazole rings is 1. The van der Waals surface area contributed by atoms with E-state index < -0.39 is 64.8 Å². The summed E-state index contributed by atoms with van der Waals surface area (Å²) in [5.74, 6) is -3.28. The number of ketones is 1. The SMILES string of the molecule is CC(C)(C)OC(=O)Nc1nc(/C(=N/OC(C)(C)C(=O)OC(C)(C)C)C(=O)C[C@@H]2C(=O)N[C@@H]2CNC(=O)c2coc(-c3cc(OCc4ccccc4)c(OCc4ccccc4)c[n+]3[O-])n2)cs1. The second-order valence-electron chi connectivity index (χ2n) is 17.6. The topological polar surface area (TPSA) is 246 Å². The van der Waals surface area contributed by atoms with Gasteiger partial charge in [-0.25, -0.2) is 14.6 Å². The van der Waals surface area contributed by atoms with Gasteiger partial charge in [0.1, 0.15) is 36.4 Å². The van der Waals surface area contributed by atoms with Gasteiger partial charge in [-0.1, -0.05) is 65.8 Å². The van der Waals surface area contributed by atoms with Crippen molar-refractivity contribution in [2.45, 2.75) is 97.9 Å². The molecule has 1 aliphatic rings. The number of β-lactam (4-membered cyclic amide) rings is 1. The first-order valence-corrected chi connectivity index (χ1v) is 21.7. The first kappa shape index (κ1) is 48.1. The van der Waals surface area contributed by atoms with Crippen LogP contribution in [0.1, 0.15) is 89.1 Å². The molecule has 1 aliphatic heterocycles. The van der Waals surface area contributed by atoms with E-state index in [2.05, 4.69) is 31.1 Å². The Morgan fingerprint density at radius 3 is 2.09 bits per heavy atom. The lowest BCUT2D eigenvalue weighted by Crippen LogP contribution is -2.62. The van der Waals surface area contributed by atoms with Crippen LogP contribution in [-0.2, 0) is 41.9 Å². The Bertz CT molecular complexity index is 2580. The number of thiazole rings is 1. The van der Waals surface area contributed by atoms with Crippen LogP contribution < -0.4 is 30.2 Å². The number of hydrogen-bond acceptors (Lipinski definition) is 16. The number of nitrogens with one attached hydrogen (secondary N) is 3. The van der Waals surface area contributed by atoms with E-state index in [0.717, 1.165) is 28.7 Å². The predicted octanol–water partition coefficient (Wildman–Crippen LogP) is 6.28. The number of rotatable bonds is 18. The number of oxime groups is 1. The van der Waals surface area contributed by atoms with Crippen molar-refractivity contribution in [1.82, 2.24) is 20.6 Å². The number of ether oxygens (including phenoxy) is 4. The molecule has 6 rings (SSSR count). The number of carbonyl (C=O) groups excluding carboxylic acids is 5. The number of anilines is 1. The summed E-state index contributed by atoms with van der Waals surface area (Å²) in [7, 11) is 0. The molecule has 20 heteroatoms. The number of Topliss-reactive ketones (excluding diaryl/α,β-unsaturated/α-hetero) is 1. The molecule has 5 aromatic rings. The monoisotopic (exact) mass is 925 g/mol. The molecule has 0 unspecified atom stereocenters. The highest BCUT2D eigenvalue weighted by molar-refractivity contribution is 7.14. The molecule has 0 aliphatic carbocycles. The summed E-state index contributed by atoms with van der Waals surface area (Å²) >= 11 is 0.976. The Morgan fingerprint density at radius 1 is 0.864 bits per heavy atom. The largest absolute Gasteiger partial charge is 0.618 e. The summed E-state index contributed by atoms with van der Waals surface area (Å²) in [6, 6.07) is 19.5. The van der Waals surface area contributed by atoms with E-state index in [4.69, 9.17) is 28.2 Å². The van der Waals surface area contributed by atoms with Gasteiger partial charge in [-0.2, -0.15) is 9.71 Å². The molecule has 2 aromatic carbocycles. The summed E-state index contributed by atoms with van der Waals surface area (Å²) in [6.07, 6.45) is 1.10. The van der Waals surface area contributed by atoms with Crippen molar-refractivity contribution >= 4 is 51.8 Å². The third-order valence-electron chi connectivity index (χ3n) is 9.33. The van der Waals surface area contributed by atoms with E-state index in [9.17, 15) is 29.2 Å². The van der Waals surface area contributed by atoms with E-state index in [1.165, 1.54) is 31.5 Å². The van der Waals surface area contributed by atoms with Crippen molar-refractivity contribution in [3.8, 4) is 23.1 Å². The third-order valence-corrected chi connectivity index (χ3v) is 10.1. The van der Waals surface area contributed by atoms with Gasteiger partial charge in [0.05, 0.1) is 18.0 Å². The molecule has 0 saturated carbocycles. The highest BCUT2D eigenvalue weighted by Crippen LogP contribution is 2.32. The smallest absolute Gasteiger partial charge is 0.413 e. The highest BCUT2D eigenvalue weighted by Gasteiger charge is 2.42. The number of pyridine rings is 1. The van der Waals surface area contributed by atoms with Crippen LogP contribution in [0.4, 0.5) is 9.93 Å². The zero-order valence-electron chi connectivity index (χ0n) is 37.7. The molecule has 19 nitrogen and oxygen atoms in total. The molecule has 66 heavy (non-hydrogen) atoms. The van der Waals surface area contributed by atoms with Gasteiger partial charge in [-0.3, -0.25) is 19.7 Å².